The number of hydrogen-bond acceptors (Lipinski definition) is 4. The van der Waals surface area contributed by atoms with Crippen molar-refractivity contribution in [1.29, 1.82) is 0 Å². The molecule has 1 atom stereocenters. The first-order chi connectivity index (χ1) is 9.82. The van der Waals surface area contributed by atoms with Crippen LogP contribution in [0.15, 0.2) is 0 Å². The molecule has 130 valence electrons. The molecule has 2 N–H and O–H groups in total. The number of hydrogen-bond donors (Lipinski definition) is 2. The second kappa shape index (κ2) is 8.36. The minimum absolute atomic E-state index is 0.240. The molecule has 1 amide bonds. The number of aliphatic carboxylic acids is 1. The van der Waals surface area contributed by atoms with Gasteiger partial charge in [0.1, 0.15) is 5.60 Å². The zero-order valence-electron chi connectivity index (χ0n) is 14.9. The third-order valence-corrected chi connectivity index (χ3v) is 2.75. The molecule has 0 saturated carbocycles. The van der Waals surface area contributed by atoms with Gasteiger partial charge in [-0.1, -0.05) is 27.7 Å². The standard InChI is InChI=1S/C16H31NO5/c1-11(2)8-12(13(18)19)21-10-16(6,7)9-17-14(20)22-15(3,4)5/h11-12H,8-10H2,1-7H3,(H,17,20)(H,18,19)/t12-/m0/s1. The molecule has 0 aromatic heterocycles. The normalized spacial score (nSPS) is 13.8. The number of alkyl carbamates (subject to hydrolysis) is 1. The number of rotatable bonds is 8. The van der Waals surface area contributed by atoms with Crippen LogP contribution in [0, 0.1) is 11.3 Å². The molecule has 0 unspecified atom stereocenters. The van der Waals surface area contributed by atoms with Crippen molar-refractivity contribution in [1.82, 2.24) is 5.32 Å². The molecule has 0 heterocycles. The zero-order valence-corrected chi connectivity index (χ0v) is 14.9. The summed E-state index contributed by atoms with van der Waals surface area (Å²) in [5.74, 6) is -0.714. The molecule has 0 rings (SSSR count). The summed E-state index contributed by atoms with van der Waals surface area (Å²) in [7, 11) is 0. The maximum absolute atomic E-state index is 11.6. The van der Waals surface area contributed by atoms with Crippen LogP contribution in [0.1, 0.15) is 54.9 Å². The zero-order chi connectivity index (χ0) is 17.6. The lowest BCUT2D eigenvalue weighted by Crippen LogP contribution is -2.41. The lowest BCUT2D eigenvalue weighted by atomic mass is 9.94. The van der Waals surface area contributed by atoms with Crippen molar-refractivity contribution in [3.8, 4) is 0 Å². The average Bonchev–Trinajstić information content (AvgIpc) is 2.29. The lowest BCUT2D eigenvalue weighted by Gasteiger charge is -2.28. The Kier molecular flexibility index (Phi) is 7.87. The monoisotopic (exact) mass is 317 g/mol. The van der Waals surface area contributed by atoms with Crippen molar-refractivity contribution < 1.29 is 24.2 Å². The van der Waals surface area contributed by atoms with Crippen LogP contribution in [0.4, 0.5) is 4.79 Å². The molecule has 0 aromatic rings. The van der Waals surface area contributed by atoms with Crippen molar-refractivity contribution in [3.63, 3.8) is 0 Å². The van der Waals surface area contributed by atoms with Crippen molar-refractivity contribution in [3.05, 3.63) is 0 Å². The first kappa shape index (κ1) is 20.7. The van der Waals surface area contributed by atoms with E-state index in [1.165, 1.54) is 0 Å². The first-order valence-electron chi connectivity index (χ1n) is 7.64. The molecule has 0 aliphatic heterocycles. The van der Waals surface area contributed by atoms with Crippen molar-refractivity contribution in [2.75, 3.05) is 13.2 Å². The van der Waals surface area contributed by atoms with Crippen LogP contribution in [-0.2, 0) is 14.3 Å². The first-order valence-corrected chi connectivity index (χ1v) is 7.64. The highest BCUT2D eigenvalue weighted by Gasteiger charge is 2.26. The Morgan fingerprint density at radius 1 is 1.14 bits per heavy atom. The Morgan fingerprint density at radius 3 is 2.09 bits per heavy atom. The number of carbonyl (C=O) groups is 2. The van der Waals surface area contributed by atoms with Gasteiger partial charge in [0, 0.05) is 12.0 Å². The van der Waals surface area contributed by atoms with E-state index < -0.39 is 23.8 Å². The van der Waals surface area contributed by atoms with Crippen LogP contribution in [-0.4, -0.2) is 42.0 Å². The summed E-state index contributed by atoms with van der Waals surface area (Å²) in [5.41, 5.74) is -0.933. The summed E-state index contributed by atoms with van der Waals surface area (Å²) < 4.78 is 10.7. The van der Waals surface area contributed by atoms with Gasteiger partial charge < -0.3 is 19.9 Å². The fourth-order valence-corrected chi connectivity index (χ4v) is 1.67. The van der Waals surface area contributed by atoms with E-state index in [0.717, 1.165) is 0 Å². The second-order valence-corrected chi connectivity index (χ2v) is 7.79. The van der Waals surface area contributed by atoms with E-state index in [9.17, 15) is 9.59 Å². The molecule has 0 aliphatic carbocycles. The minimum Gasteiger partial charge on any atom is -0.479 e. The van der Waals surface area contributed by atoms with E-state index >= 15 is 0 Å². The van der Waals surface area contributed by atoms with Gasteiger partial charge in [0.2, 0.25) is 0 Å². The Morgan fingerprint density at radius 2 is 1.68 bits per heavy atom. The molecule has 0 bridgehead atoms. The third-order valence-electron chi connectivity index (χ3n) is 2.75. The van der Waals surface area contributed by atoms with Gasteiger partial charge in [-0.2, -0.15) is 0 Å². The molecular weight excluding hydrogens is 286 g/mol. The van der Waals surface area contributed by atoms with Gasteiger partial charge >= 0.3 is 12.1 Å². The van der Waals surface area contributed by atoms with E-state index in [0.29, 0.717) is 13.0 Å². The predicted octanol–water partition coefficient (Wildman–Crippen LogP) is 3.05. The fourth-order valence-electron chi connectivity index (χ4n) is 1.67. The van der Waals surface area contributed by atoms with Crippen LogP contribution in [0.25, 0.3) is 0 Å². The number of amides is 1. The molecule has 0 saturated heterocycles. The number of carboxylic acid groups (broad SMARTS) is 1. The highest BCUT2D eigenvalue weighted by atomic mass is 16.6. The topological polar surface area (TPSA) is 84.9 Å². The Bertz CT molecular complexity index is 371. The Balaban J connectivity index is 4.33. The highest BCUT2D eigenvalue weighted by molar-refractivity contribution is 5.72. The van der Waals surface area contributed by atoms with E-state index in [4.69, 9.17) is 14.6 Å². The number of carboxylic acids is 1. The van der Waals surface area contributed by atoms with Gasteiger partial charge in [-0.15, -0.1) is 0 Å². The van der Waals surface area contributed by atoms with Gasteiger partial charge in [0.05, 0.1) is 6.61 Å². The van der Waals surface area contributed by atoms with Gasteiger partial charge in [-0.25, -0.2) is 9.59 Å². The van der Waals surface area contributed by atoms with Crippen molar-refractivity contribution in [2.45, 2.75) is 66.6 Å². The molecule has 0 aliphatic rings. The molecule has 0 fully saturated rings. The summed E-state index contributed by atoms with van der Waals surface area (Å²) in [6.45, 7) is 13.7. The summed E-state index contributed by atoms with van der Waals surface area (Å²) >= 11 is 0. The maximum atomic E-state index is 11.6. The van der Waals surface area contributed by atoms with Crippen LogP contribution < -0.4 is 5.32 Å². The Labute approximate surface area is 133 Å². The molecular formula is C16H31NO5. The fraction of sp³-hybridized carbons (Fsp3) is 0.875. The van der Waals surface area contributed by atoms with Crippen molar-refractivity contribution >= 4 is 12.1 Å². The predicted molar refractivity (Wildman–Crippen MR) is 84.8 cm³/mol. The highest BCUT2D eigenvalue weighted by Crippen LogP contribution is 2.18. The minimum atomic E-state index is -0.954. The van der Waals surface area contributed by atoms with E-state index in [-0.39, 0.29) is 17.9 Å². The molecule has 0 radical (unpaired) electrons. The Hall–Kier alpha value is -1.30. The molecule has 6 nitrogen and oxygen atoms in total. The summed E-state index contributed by atoms with van der Waals surface area (Å²) in [6.07, 6.45) is -0.844. The van der Waals surface area contributed by atoms with Gasteiger partial charge in [-0.3, -0.25) is 0 Å². The van der Waals surface area contributed by atoms with E-state index in [2.05, 4.69) is 5.32 Å². The van der Waals surface area contributed by atoms with Gasteiger partial charge in [0.25, 0.3) is 0 Å². The summed E-state index contributed by atoms with van der Waals surface area (Å²) in [6, 6.07) is 0. The molecule has 6 heteroatoms. The summed E-state index contributed by atoms with van der Waals surface area (Å²) in [4.78, 5) is 22.8. The molecule has 22 heavy (non-hydrogen) atoms. The van der Waals surface area contributed by atoms with Crippen molar-refractivity contribution in [2.24, 2.45) is 11.3 Å². The molecule has 0 aromatic carbocycles. The maximum Gasteiger partial charge on any atom is 0.407 e. The van der Waals surface area contributed by atoms with Crippen LogP contribution >= 0.6 is 0 Å². The summed E-state index contributed by atoms with van der Waals surface area (Å²) in [5, 5.41) is 11.8. The van der Waals surface area contributed by atoms with E-state index in [1.54, 1.807) is 20.8 Å². The third kappa shape index (κ3) is 10.4. The van der Waals surface area contributed by atoms with Crippen LogP contribution in [0.2, 0.25) is 0 Å². The number of carbonyl (C=O) groups excluding carboxylic acids is 1. The van der Waals surface area contributed by atoms with Crippen LogP contribution in [0.3, 0.4) is 0 Å². The number of ether oxygens (including phenoxy) is 2. The number of nitrogens with one attached hydrogen (secondary N) is 1. The van der Waals surface area contributed by atoms with Gasteiger partial charge in [-0.05, 0) is 33.1 Å². The SMILES string of the molecule is CC(C)C[C@H](OCC(C)(C)CNC(=O)OC(C)(C)C)C(=O)O. The smallest absolute Gasteiger partial charge is 0.407 e. The van der Waals surface area contributed by atoms with Crippen LogP contribution in [0.5, 0.6) is 0 Å². The quantitative estimate of drug-likeness (QED) is 0.718. The molecule has 0 spiro atoms. The lowest BCUT2D eigenvalue weighted by molar-refractivity contribution is -0.153. The second-order valence-electron chi connectivity index (χ2n) is 7.79. The average molecular weight is 317 g/mol. The van der Waals surface area contributed by atoms with Gasteiger partial charge in [0.15, 0.2) is 6.10 Å². The van der Waals surface area contributed by atoms with E-state index in [1.807, 2.05) is 27.7 Å². The largest absolute Gasteiger partial charge is 0.479 e.